The summed E-state index contributed by atoms with van der Waals surface area (Å²) in [6, 6.07) is 13.2. The van der Waals surface area contributed by atoms with Crippen LogP contribution in [0.3, 0.4) is 0 Å². The summed E-state index contributed by atoms with van der Waals surface area (Å²) >= 11 is 0. The standard InChI is InChI=1S/C15H16FNO2S/c1-11(15(17)12-5-3-2-4-6-12)20(18,19)14-9-7-13(16)8-10-14/h2-11,15H,17H2,1H3. The molecule has 20 heavy (non-hydrogen) atoms. The molecule has 0 fully saturated rings. The van der Waals surface area contributed by atoms with Crippen LogP contribution in [0.2, 0.25) is 0 Å². The highest BCUT2D eigenvalue weighted by molar-refractivity contribution is 7.92. The Bertz CT molecular complexity index is 669. The van der Waals surface area contributed by atoms with Crippen molar-refractivity contribution in [1.29, 1.82) is 0 Å². The normalized spacial score (nSPS) is 14.8. The van der Waals surface area contributed by atoms with Crippen molar-refractivity contribution >= 4 is 9.84 Å². The van der Waals surface area contributed by atoms with E-state index in [4.69, 9.17) is 5.73 Å². The summed E-state index contributed by atoms with van der Waals surface area (Å²) in [4.78, 5) is 0.0813. The summed E-state index contributed by atoms with van der Waals surface area (Å²) in [7, 11) is -3.59. The highest BCUT2D eigenvalue weighted by atomic mass is 32.2. The highest BCUT2D eigenvalue weighted by Crippen LogP contribution is 2.25. The van der Waals surface area contributed by atoms with Crippen LogP contribution in [0.1, 0.15) is 18.5 Å². The molecule has 0 aliphatic heterocycles. The van der Waals surface area contributed by atoms with Crippen LogP contribution in [0.4, 0.5) is 4.39 Å². The number of halogens is 1. The molecule has 0 aromatic heterocycles. The summed E-state index contributed by atoms with van der Waals surface area (Å²) in [5.74, 6) is -0.469. The van der Waals surface area contributed by atoms with Crippen molar-refractivity contribution in [3.63, 3.8) is 0 Å². The molecule has 2 aromatic rings. The Morgan fingerprint density at radius 1 is 1.00 bits per heavy atom. The molecule has 0 spiro atoms. The number of hydrogen-bond acceptors (Lipinski definition) is 3. The molecule has 2 atom stereocenters. The van der Waals surface area contributed by atoms with E-state index in [2.05, 4.69) is 0 Å². The van der Waals surface area contributed by atoms with Crippen LogP contribution in [0.5, 0.6) is 0 Å². The van der Waals surface area contributed by atoms with E-state index in [0.29, 0.717) is 0 Å². The van der Waals surface area contributed by atoms with Crippen LogP contribution in [0.25, 0.3) is 0 Å². The number of benzene rings is 2. The van der Waals surface area contributed by atoms with Crippen molar-refractivity contribution in [2.75, 3.05) is 0 Å². The largest absolute Gasteiger partial charge is 0.323 e. The molecular weight excluding hydrogens is 277 g/mol. The Balaban J connectivity index is 2.32. The van der Waals surface area contributed by atoms with Gasteiger partial charge in [0, 0.05) is 6.04 Å². The summed E-state index contributed by atoms with van der Waals surface area (Å²) in [6.07, 6.45) is 0. The monoisotopic (exact) mass is 293 g/mol. The first kappa shape index (κ1) is 14.7. The molecule has 0 aliphatic rings. The first-order chi connectivity index (χ1) is 9.43. The van der Waals surface area contributed by atoms with Gasteiger partial charge in [-0.2, -0.15) is 0 Å². The third-order valence-corrected chi connectivity index (χ3v) is 5.52. The number of nitrogens with two attached hydrogens (primary N) is 1. The maximum atomic E-state index is 12.9. The van der Waals surface area contributed by atoms with E-state index in [1.807, 2.05) is 18.2 Å². The lowest BCUT2D eigenvalue weighted by Gasteiger charge is -2.20. The molecule has 0 radical (unpaired) electrons. The third-order valence-electron chi connectivity index (χ3n) is 3.32. The SMILES string of the molecule is CC(C(N)c1ccccc1)S(=O)(=O)c1ccc(F)cc1. The quantitative estimate of drug-likeness (QED) is 0.882. The molecule has 5 heteroatoms. The molecule has 0 amide bonds. The van der Waals surface area contributed by atoms with Gasteiger partial charge in [-0.05, 0) is 36.8 Å². The number of sulfone groups is 1. The average Bonchev–Trinajstić information content (AvgIpc) is 2.47. The second kappa shape index (κ2) is 5.73. The van der Waals surface area contributed by atoms with E-state index in [1.54, 1.807) is 19.1 Å². The lowest BCUT2D eigenvalue weighted by atomic mass is 10.1. The number of rotatable bonds is 4. The molecule has 0 saturated carbocycles. The molecule has 3 nitrogen and oxygen atoms in total. The van der Waals surface area contributed by atoms with E-state index in [0.717, 1.165) is 17.7 Å². The second-order valence-electron chi connectivity index (χ2n) is 4.64. The molecule has 2 aromatic carbocycles. The minimum Gasteiger partial charge on any atom is -0.323 e. The zero-order valence-electron chi connectivity index (χ0n) is 11.0. The molecule has 2 N–H and O–H groups in total. The first-order valence-corrected chi connectivity index (χ1v) is 7.77. The molecule has 2 rings (SSSR count). The molecule has 0 bridgehead atoms. The minimum atomic E-state index is -3.59. The van der Waals surface area contributed by atoms with E-state index in [-0.39, 0.29) is 4.90 Å². The topological polar surface area (TPSA) is 60.2 Å². The van der Waals surface area contributed by atoms with Crippen LogP contribution >= 0.6 is 0 Å². The zero-order chi connectivity index (χ0) is 14.8. The van der Waals surface area contributed by atoms with Gasteiger partial charge in [-0.3, -0.25) is 0 Å². The Hall–Kier alpha value is -1.72. The molecule has 0 saturated heterocycles. The van der Waals surface area contributed by atoms with Crippen LogP contribution in [-0.2, 0) is 9.84 Å². The minimum absolute atomic E-state index is 0.0813. The second-order valence-corrected chi connectivity index (χ2v) is 6.95. The third kappa shape index (κ3) is 2.89. The van der Waals surface area contributed by atoms with Gasteiger partial charge in [0.1, 0.15) is 5.82 Å². The Morgan fingerprint density at radius 3 is 2.10 bits per heavy atom. The van der Waals surface area contributed by atoms with Gasteiger partial charge < -0.3 is 5.73 Å². The molecule has 2 unspecified atom stereocenters. The van der Waals surface area contributed by atoms with Crippen LogP contribution in [0.15, 0.2) is 59.5 Å². The smallest absolute Gasteiger partial charge is 0.182 e. The van der Waals surface area contributed by atoms with Gasteiger partial charge in [-0.15, -0.1) is 0 Å². The number of hydrogen-bond donors (Lipinski definition) is 1. The van der Waals surface area contributed by atoms with Crippen LogP contribution in [0, 0.1) is 5.82 Å². The Morgan fingerprint density at radius 2 is 1.55 bits per heavy atom. The van der Waals surface area contributed by atoms with E-state index in [1.165, 1.54) is 12.1 Å². The van der Waals surface area contributed by atoms with E-state index < -0.39 is 26.9 Å². The average molecular weight is 293 g/mol. The Labute approximate surface area is 118 Å². The van der Waals surface area contributed by atoms with Crippen molar-refractivity contribution in [3.8, 4) is 0 Å². The summed E-state index contributed by atoms with van der Waals surface area (Å²) in [5.41, 5.74) is 6.79. The van der Waals surface area contributed by atoms with Gasteiger partial charge in [0.15, 0.2) is 9.84 Å². The first-order valence-electron chi connectivity index (χ1n) is 6.23. The van der Waals surface area contributed by atoms with Crippen LogP contribution in [-0.4, -0.2) is 13.7 Å². The lowest BCUT2D eigenvalue weighted by molar-refractivity contribution is 0.564. The van der Waals surface area contributed by atoms with Gasteiger partial charge in [0.2, 0.25) is 0 Å². The van der Waals surface area contributed by atoms with E-state index >= 15 is 0 Å². The van der Waals surface area contributed by atoms with E-state index in [9.17, 15) is 12.8 Å². The molecular formula is C15H16FNO2S. The maximum absolute atomic E-state index is 12.9. The van der Waals surface area contributed by atoms with Crippen LogP contribution < -0.4 is 5.73 Å². The van der Waals surface area contributed by atoms with Gasteiger partial charge in [0.25, 0.3) is 0 Å². The predicted octanol–water partition coefficient (Wildman–Crippen LogP) is 2.69. The predicted molar refractivity (Wildman–Crippen MR) is 76.4 cm³/mol. The van der Waals surface area contributed by atoms with Crippen molar-refractivity contribution in [1.82, 2.24) is 0 Å². The Kier molecular flexibility index (Phi) is 4.20. The van der Waals surface area contributed by atoms with Gasteiger partial charge in [0.05, 0.1) is 10.1 Å². The summed E-state index contributed by atoms with van der Waals surface area (Å²) < 4.78 is 37.8. The highest BCUT2D eigenvalue weighted by Gasteiger charge is 2.29. The lowest BCUT2D eigenvalue weighted by Crippen LogP contribution is -2.31. The molecule has 0 aliphatic carbocycles. The van der Waals surface area contributed by atoms with Gasteiger partial charge >= 0.3 is 0 Å². The zero-order valence-corrected chi connectivity index (χ0v) is 11.8. The van der Waals surface area contributed by atoms with Crippen molar-refractivity contribution < 1.29 is 12.8 Å². The maximum Gasteiger partial charge on any atom is 0.182 e. The molecule has 0 heterocycles. The van der Waals surface area contributed by atoms with Gasteiger partial charge in [-0.25, -0.2) is 12.8 Å². The van der Waals surface area contributed by atoms with Gasteiger partial charge in [-0.1, -0.05) is 30.3 Å². The van der Waals surface area contributed by atoms with Crippen molar-refractivity contribution in [3.05, 3.63) is 66.0 Å². The van der Waals surface area contributed by atoms with Crippen molar-refractivity contribution in [2.24, 2.45) is 5.73 Å². The summed E-state index contributed by atoms with van der Waals surface area (Å²) in [6.45, 7) is 1.57. The fourth-order valence-electron chi connectivity index (χ4n) is 1.98. The fraction of sp³-hybridized carbons (Fsp3) is 0.200. The van der Waals surface area contributed by atoms with Crippen molar-refractivity contribution in [2.45, 2.75) is 23.1 Å². The fourth-order valence-corrected chi connectivity index (χ4v) is 3.47. The molecule has 106 valence electrons. The summed E-state index contributed by atoms with van der Waals surface area (Å²) in [5, 5.41) is -0.796.